The summed E-state index contributed by atoms with van der Waals surface area (Å²) in [6, 6.07) is 9.03. The molecule has 0 saturated carbocycles. The van der Waals surface area contributed by atoms with Crippen LogP contribution in [0.15, 0.2) is 36.5 Å². The Bertz CT molecular complexity index is 588. The maximum Gasteiger partial charge on any atom is 0.219 e. The summed E-state index contributed by atoms with van der Waals surface area (Å²) in [4.78, 5) is 4.13. The maximum atomic E-state index is 5.98. The Hall–Kier alpha value is -1.78. The fourth-order valence-electron chi connectivity index (χ4n) is 1.88. The molecule has 2 rings (SSSR count). The van der Waals surface area contributed by atoms with Crippen LogP contribution in [-0.2, 0) is 6.61 Å². The normalized spacial score (nSPS) is 12.0. The second kappa shape index (κ2) is 6.59. The van der Waals surface area contributed by atoms with Crippen LogP contribution in [0.1, 0.15) is 24.1 Å². The number of benzene rings is 1. The van der Waals surface area contributed by atoms with Crippen molar-refractivity contribution in [3.63, 3.8) is 0 Å². The van der Waals surface area contributed by atoms with Crippen molar-refractivity contribution < 1.29 is 9.47 Å². The van der Waals surface area contributed by atoms with Crippen LogP contribution in [-0.4, -0.2) is 12.1 Å². The molecule has 2 N–H and O–H groups in total. The number of pyridine rings is 1. The molecule has 1 atom stereocenters. The van der Waals surface area contributed by atoms with Gasteiger partial charge in [0, 0.05) is 22.8 Å². The standard InChI is InChI=1S/C15H17ClN2O2/c1-10(17)13-8-12(16)5-6-14(13)20-9-11-4-3-7-18-15(11)19-2/h3-8,10H,9,17H2,1-2H3. The van der Waals surface area contributed by atoms with Crippen LogP contribution in [0.3, 0.4) is 0 Å². The summed E-state index contributed by atoms with van der Waals surface area (Å²) in [6.07, 6.45) is 1.68. The SMILES string of the molecule is COc1ncccc1COc1ccc(Cl)cc1C(C)N. The molecule has 20 heavy (non-hydrogen) atoms. The molecular formula is C15H17ClN2O2. The van der Waals surface area contributed by atoms with E-state index in [-0.39, 0.29) is 6.04 Å². The number of hydrogen-bond donors (Lipinski definition) is 1. The van der Waals surface area contributed by atoms with Crippen LogP contribution < -0.4 is 15.2 Å². The first-order chi connectivity index (χ1) is 9.61. The fourth-order valence-corrected chi connectivity index (χ4v) is 2.06. The van der Waals surface area contributed by atoms with Crippen molar-refractivity contribution in [2.75, 3.05) is 7.11 Å². The van der Waals surface area contributed by atoms with Gasteiger partial charge < -0.3 is 15.2 Å². The molecule has 1 heterocycles. The highest BCUT2D eigenvalue weighted by atomic mass is 35.5. The van der Waals surface area contributed by atoms with Gasteiger partial charge in [-0.25, -0.2) is 4.98 Å². The molecule has 0 radical (unpaired) electrons. The van der Waals surface area contributed by atoms with E-state index in [4.69, 9.17) is 26.8 Å². The minimum Gasteiger partial charge on any atom is -0.488 e. The Labute approximate surface area is 123 Å². The lowest BCUT2D eigenvalue weighted by Crippen LogP contribution is -2.08. The number of hydrogen-bond acceptors (Lipinski definition) is 4. The molecule has 1 aromatic heterocycles. The summed E-state index contributed by atoms with van der Waals surface area (Å²) in [7, 11) is 1.58. The molecule has 2 aromatic rings. The van der Waals surface area contributed by atoms with Gasteiger partial charge in [0.05, 0.1) is 12.7 Å². The molecule has 1 unspecified atom stereocenters. The number of ether oxygens (including phenoxy) is 2. The summed E-state index contributed by atoms with van der Waals surface area (Å²) in [5.74, 6) is 1.28. The minimum atomic E-state index is -0.153. The van der Waals surface area contributed by atoms with E-state index in [1.54, 1.807) is 19.4 Å². The van der Waals surface area contributed by atoms with Gasteiger partial charge in [0.2, 0.25) is 5.88 Å². The lowest BCUT2D eigenvalue weighted by atomic mass is 10.1. The van der Waals surface area contributed by atoms with Crippen molar-refractivity contribution in [3.05, 3.63) is 52.7 Å². The second-order valence-electron chi connectivity index (χ2n) is 4.43. The number of methoxy groups -OCH3 is 1. The van der Waals surface area contributed by atoms with Crippen LogP contribution in [0.2, 0.25) is 5.02 Å². The van der Waals surface area contributed by atoms with Crippen LogP contribution in [0.4, 0.5) is 0 Å². The van der Waals surface area contributed by atoms with Gasteiger partial charge in [-0.2, -0.15) is 0 Å². The summed E-state index contributed by atoms with van der Waals surface area (Å²) >= 11 is 5.98. The molecular weight excluding hydrogens is 276 g/mol. The smallest absolute Gasteiger partial charge is 0.219 e. The van der Waals surface area contributed by atoms with Crippen molar-refractivity contribution >= 4 is 11.6 Å². The average Bonchev–Trinajstić information content (AvgIpc) is 2.46. The topological polar surface area (TPSA) is 57.4 Å². The number of aromatic nitrogens is 1. The zero-order valence-electron chi connectivity index (χ0n) is 11.5. The Morgan fingerprint density at radius 3 is 2.85 bits per heavy atom. The molecule has 0 amide bonds. The van der Waals surface area contributed by atoms with Gasteiger partial charge in [0.25, 0.3) is 0 Å². The molecule has 0 aliphatic carbocycles. The first kappa shape index (κ1) is 14.6. The van der Waals surface area contributed by atoms with Gasteiger partial charge in [-0.3, -0.25) is 0 Å². The molecule has 1 aromatic carbocycles. The van der Waals surface area contributed by atoms with Gasteiger partial charge in [-0.1, -0.05) is 11.6 Å². The van der Waals surface area contributed by atoms with Crippen molar-refractivity contribution in [3.8, 4) is 11.6 Å². The molecule has 0 aliphatic heterocycles. The zero-order valence-corrected chi connectivity index (χ0v) is 12.2. The second-order valence-corrected chi connectivity index (χ2v) is 4.87. The lowest BCUT2D eigenvalue weighted by molar-refractivity contribution is 0.290. The fraction of sp³-hybridized carbons (Fsp3) is 0.267. The number of nitrogens with two attached hydrogens (primary N) is 1. The van der Waals surface area contributed by atoms with Crippen LogP contribution >= 0.6 is 11.6 Å². The van der Waals surface area contributed by atoms with E-state index >= 15 is 0 Å². The van der Waals surface area contributed by atoms with Crippen LogP contribution in [0, 0.1) is 0 Å². The number of nitrogens with zero attached hydrogens (tertiary/aromatic N) is 1. The third-order valence-corrected chi connectivity index (χ3v) is 3.12. The summed E-state index contributed by atoms with van der Waals surface area (Å²) in [5, 5.41) is 0.642. The molecule has 0 aliphatic rings. The van der Waals surface area contributed by atoms with E-state index in [0.717, 1.165) is 16.9 Å². The summed E-state index contributed by atoms with van der Waals surface area (Å²) < 4.78 is 11.0. The van der Waals surface area contributed by atoms with E-state index in [0.29, 0.717) is 17.5 Å². The Balaban J connectivity index is 2.19. The van der Waals surface area contributed by atoms with Gasteiger partial charge in [-0.05, 0) is 37.3 Å². The predicted octanol–water partition coefficient (Wildman–Crippen LogP) is 3.34. The number of rotatable bonds is 5. The highest BCUT2D eigenvalue weighted by molar-refractivity contribution is 6.30. The van der Waals surface area contributed by atoms with Gasteiger partial charge in [0.15, 0.2) is 0 Å². The van der Waals surface area contributed by atoms with E-state index in [9.17, 15) is 0 Å². The number of halogens is 1. The van der Waals surface area contributed by atoms with E-state index in [1.165, 1.54) is 0 Å². The summed E-state index contributed by atoms with van der Waals surface area (Å²) in [5.41, 5.74) is 7.68. The van der Waals surface area contributed by atoms with Crippen molar-refractivity contribution in [2.45, 2.75) is 19.6 Å². The molecule has 0 bridgehead atoms. The molecule has 5 heteroatoms. The van der Waals surface area contributed by atoms with Crippen molar-refractivity contribution in [1.82, 2.24) is 4.98 Å². The minimum absolute atomic E-state index is 0.153. The van der Waals surface area contributed by atoms with Crippen molar-refractivity contribution in [1.29, 1.82) is 0 Å². The lowest BCUT2D eigenvalue weighted by Gasteiger charge is -2.15. The third kappa shape index (κ3) is 3.40. The maximum absolute atomic E-state index is 5.98. The van der Waals surface area contributed by atoms with Crippen molar-refractivity contribution in [2.24, 2.45) is 5.73 Å². The molecule has 106 valence electrons. The van der Waals surface area contributed by atoms with E-state index < -0.39 is 0 Å². The third-order valence-electron chi connectivity index (χ3n) is 2.89. The molecule has 0 fully saturated rings. The summed E-state index contributed by atoms with van der Waals surface area (Å²) in [6.45, 7) is 2.25. The van der Waals surface area contributed by atoms with Gasteiger partial charge in [-0.15, -0.1) is 0 Å². The van der Waals surface area contributed by atoms with Crippen LogP contribution in [0.25, 0.3) is 0 Å². The van der Waals surface area contributed by atoms with Gasteiger partial charge in [0.1, 0.15) is 12.4 Å². The monoisotopic (exact) mass is 292 g/mol. The largest absolute Gasteiger partial charge is 0.488 e. The van der Waals surface area contributed by atoms with Crippen LogP contribution in [0.5, 0.6) is 11.6 Å². The first-order valence-electron chi connectivity index (χ1n) is 6.27. The highest BCUT2D eigenvalue weighted by Crippen LogP contribution is 2.28. The zero-order chi connectivity index (χ0) is 14.5. The Kier molecular flexibility index (Phi) is 4.82. The Morgan fingerprint density at radius 2 is 2.15 bits per heavy atom. The van der Waals surface area contributed by atoms with E-state index in [2.05, 4.69) is 4.98 Å². The highest BCUT2D eigenvalue weighted by Gasteiger charge is 2.10. The van der Waals surface area contributed by atoms with E-state index in [1.807, 2.05) is 31.2 Å². The molecule has 0 spiro atoms. The Morgan fingerprint density at radius 1 is 1.35 bits per heavy atom. The molecule has 0 saturated heterocycles. The van der Waals surface area contributed by atoms with Gasteiger partial charge >= 0.3 is 0 Å². The average molecular weight is 293 g/mol. The molecule has 4 nitrogen and oxygen atoms in total. The predicted molar refractivity (Wildman–Crippen MR) is 79.2 cm³/mol. The first-order valence-corrected chi connectivity index (χ1v) is 6.65. The quantitative estimate of drug-likeness (QED) is 0.918.